The highest BCUT2D eigenvalue weighted by molar-refractivity contribution is 5.86. The summed E-state index contributed by atoms with van der Waals surface area (Å²) in [7, 11) is 4.12. The molecule has 1 saturated heterocycles. The van der Waals surface area contributed by atoms with Gasteiger partial charge >= 0.3 is 6.18 Å². The highest BCUT2D eigenvalue weighted by atomic mass is 19.4. The van der Waals surface area contributed by atoms with E-state index in [1.807, 2.05) is 19.2 Å². The molecule has 0 unspecified atom stereocenters. The third-order valence-electron chi connectivity index (χ3n) is 6.25. The average molecular weight is 437 g/mol. The normalized spacial score (nSPS) is 15.3. The van der Waals surface area contributed by atoms with Crippen LogP contribution in [0.5, 0.6) is 0 Å². The molecule has 4 aromatic rings. The standard InChI is InChI=1S/C25H22F3N3O/c1-29-13-18(14-29)22-15-30(2)23-12-20(7-8-21(22)23)31-10-9-17(11-24(31)32)16-3-5-19(6-4-16)25(26,27)28/h3-12,15,18H,13-14H2,1-2H3. The van der Waals surface area contributed by atoms with E-state index in [4.69, 9.17) is 0 Å². The first-order chi connectivity index (χ1) is 15.2. The lowest BCUT2D eigenvalue weighted by Gasteiger charge is -2.36. The molecule has 5 rings (SSSR count). The number of benzene rings is 2. The molecule has 0 atom stereocenters. The fraction of sp³-hybridized carbons (Fsp3) is 0.240. The predicted octanol–water partition coefficient (Wildman–Crippen LogP) is 5.04. The zero-order valence-electron chi connectivity index (χ0n) is 17.7. The van der Waals surface area contributed by atoms with Gasteiger partial charge in [0.25, 0.3) is 5.56 Å². The largest absolute Gasteiger partial charge is 0.416 e. The van der Waals surface area contributed by atoms with Gasteiger partial charge in [0.15, 0.2) is 0 Å². The summed E-state index contributed by atoms with van der Waals surface area (Å²) in [4.78, 5) is 15.1. The fourth-order valence-electron chi connectivity index (χ4n) is 4.50. The number of halogens is 3. The second-order valence-corrected chi connectivity index (χ2v) is 8.51. The first kappa shape index (κ1) is 20.6. The van der Waals surface area contributed by atoms with Gasteiger partial charge in [0, 0.05) is 49.9 Å². The Hall–Kier alpha value is -3.32. The molecule has 164 valence electrons. The van der Waals surface area contributed by atoms with Gasteiger partial charge in [-0.2, -0.15) is 13.2 Å². The lowest BCUT2D eigenvalue weighted by atomic mass is 9.92. The number of hydrogen-bond donors (Lipinski definition) is 0. The Kier molecular flexibility index (Phi) is 4.74. The summed E-state index contributed by atoms with van der Waals surface area (Å²) < 4.78 is 42.0. The van der Waals surface area contributed by atoms with Crippen molar-refractivity contribution < 1.29 is 13.2 Å². The van der Waals surface area contributed by atoms with Gasteiger partial charge in [-0.15, -0.1) is 0 Å². The van der Waals surface area contributed by atoms with Crippen molar-refractivity contribution in [3.63, 3.8) is 0 Å². The van der Waals surface area contributed by atoms with E-state index in [2.05, 4.69) is 28.8 Å². The van der Waals surface area contributed by atoms with E-state index in [0.717, 1.165) is 36.4 Å². The first-order valence-electron chi connectivity index (χ1n) is 10.4. The number of rotatable bonds is 3. The third kappa shape index (κ3) is 3.52. The van der Waals surface area contributed by atoms with Gasteiger partial charge in [0.05, 0.1) is 16.8 Å². The Morgan fingerprint density at radius 3 is 2.25 bits per heavy atom. The molecule has 2 aromatic heterocycles. The van der Waals surface area contributed by atoms with Gasteiger partial charge in [0.2, 0.25) is 0 Å². The average Bonchev–Trinajstić information content (AvgIpc) is 3.06. The van der Waals surface area contributed by atoms with Crippen molar-refractivity contribution in [2.24, 2.45) is 7.05 Å². The second-order valence-electron chi connectivity index (χ2n) is 8.51. The van der Waals surface area contributed by atoms with Crippen LogP contribution in [-0.2, 0) is 13.2 Å². The van der Waals surface area contributed by atoms with E-state index in [-0.39, 0.29) is 5.56 Å². The molecule has 4 nitrogen and oxygen atoms in total. The molecule has 3 heterocycles. The number of alkyl halides is 3. The Labute approximate surface area is 183 Å². The molecule has 0 N–H and O–H groups in total. The van der Waals surface area contributed by atoms with E-state index in [0.29, 0.717) is 17.0 Å². The summed E-state index contributed by atoms with van der Waals surface area (Å²) >= 11 is 0. The maximum absolute atomic E-state index is 12.8. The van der Waals surface area contributed by atoms with Crippen LogP contribution in [-0.4, -0.2) is 34.2 Å². The number of aromatic nitrogens is 2. The zero-order valence-corrected chi connectivity index (χ0v) is 17.7. The van der Waals surface area contributed by atoms with E-state index in [9.17, 15) is 18.0 Å². The number of nitrogens with zero attached hydrogens (tertiary/aromatic N) is 3. The molecule has 1 fully saturated rings. The zero-order chi connectivity index (χ0) is 22.6. The Balaban J connectivity index is 1.48. The Morgan fingerprint density at radius 1 is 0.906 bits per heavy atom. The molecule has 0 amide bonds. The molecule has 0 bridgehead atoms. The molecular weight excluding hydrogens is 415 g/mol. The summed E-state index contributed by atoms with van der Waals surface area (Å²) in [6.45, 7) is 2.09. The third-order valence-corrected chi connectivity index (χ3v) is 6.25. The molecule has 2 aromatic carbocycles. The number of likely N-dealkylation sites (N-methyl/N-ethyl adjacent to an activating group) is 1. The maximum atomic E-state index is 12.8. The van der Waals surface area contributed by atoms with Crippen molar-refractivity contribution in [2.75, 3.05) is 20.1 Å². The van der Waals surface area contributed by atoms with Gasteiger partial charge in [-0.3, -0.25) is 9.36 Å². The SMILES string of the molecule is CN1CC(c2cn(C)c3cc(-n4ccc(-c5ccc(C(F)(F)F)cc5)cc4=O)ccc23)C1. The van der Waals surface area contributed by atoms with Gasteiger partial charge in [0.1, 0.15) is 0 Å². The predicted molar refractivity (Wildman–Crippen MR) is 119 cm³/mol. The second kappa shape index (κ2) is 7.38. The molecular formula is C25H22F3N3O. The summed E-state index contributed by atoms with van der Waals surface area (Å²) in [5, 5.41) is 1.20. The number of pyridine rings is 1. The van der Waals surface area contributed by atoms with Crippen molar-refractivity contribution in [3.8, 4) is 16.8 Å². The van der Waals surface area contributed by atoms with Crippen LogP contribution in [0.1, 0.15) is 17.0 Å². The molecule has 7 heteroatoms. The number of likely N-dealkylation sites (tertiary alicyclic amines) is 1. The highest BCUT2D eigenvalue weighted by Crippen LogP contribution is 2.34. The molecule has 1 aliphatic rings. The van der Waals surface area contributed by atoms with Crippen LogP contribution in [0.15, 0.2) is 71.8 Å². The number of hydrogen-bond acceptors (Lipinski definition) is 2. The topological polar surface area (TPSA) is 30.2 Å². The Bertz CT molecular complexity index is 1360. The molecule has 1 aliphatic heterocycles. The van der Waals surface area contributed by atoms with Gasteiger partial charge in [-0.25, -0.2) is 0 Å². The van der Waals surface area contributed by atoms with Crippen molar-refractivity contribution in [3.05, 3.63) is 88.5 Å². The maximum Gasteiger partial charge on any atom is 0.416 e. The van der Waals surface area contributed by atoms with Crippen molar-refractivity contribution >= 4 is 10.9 Å². The quantitative estimate of drug-likeness (QED) is 0.449. The number of fused-ring (bicyclic) bond motifs is 1. The van der Waals surface area contributed by atoms with Gasteiger partial charge in [-0.1, -0.05) is 18.2 Å². The van der Waals surface area contributed by atoms with Gasteiger partial charge in [-0.05, 0) is 54.1 Å². The van der Waals surface area contributed by atoms with E-state index in [1.165, 1.54) is 29.1 Å². The summed E-state index contributed by atoms with van der Waals surface area (Å²) in [6, 6.07) is 14.0. The van der Waals surface area contributed by atoms with Crippen molar-refractivity contribution in [1.82, 2.24) is 14.0 Å². The van der Waals surface area contributed by atoms with Crippen LogP contribution in [0.25, 0.3) is 27.7 Å². The van der Waals surface area contributed by atoms with Crippen LogP contribution in [0, 0.1) is 0 Å². The summed E-state index contributed by atoms with van der Waals surface area (Å²) in [5.41, 5.74) is 3.34. The molecule has 0 spiro atoms. The molecule has 0 radical (unpaired) electrons. The van der Waals surface area contributed by atoms with Crippen LogP contribution in [0.3, 0.4) is 0 Å². The summed E-state index contributed by atoms with van der Waals surface area (Å²) in [5.74, 6) is 0.528. The lowest BCUT2D eigenvalue weighted by Crippen LogP contribution is -2.41. The molecule has 0 saturated carbocycles. The minimum Gasteiger partial charge on any atom is -0.350 e. The lowest BCUT2D eigenvalue weighted by molar-refractivity contribution is -0.137. The summed E-state index contributed by atoms with van der Waals surface area (Å²) in [6.07, 6.45) is -0.546. The number of aryl methyl sites for hydroxylation is 1. The van der Waals surface area contributed by atoms with Gasteiger partial charge < -0.3 is 9.47 Å². The van der Waals surface area contributed by atoms with E-state index in [1.54, 1.807) is 16.8 Å². The fourth-order valence-corrected chi connectivity index (χ4v) is 4.50. The van der Waals surface area contributed by atoms with E-state index < -0.39 is 11.7 Å². The molecule has 0 aliphatic carbocycles. The van der Waals surface area contributed by atoms with Crippen LogP contribution in [0.4, 0.5) is 13.2 Å². The monoisotopic (exact) mass is 437 g/mol. The van der Waals surface area contributed by atoms with Crippen LogP contribution < -0.4 is 5.56 Å². The minimum atomic E-state index is -4.38. The van der Waals surface area contributed by atoms with Crippen molar-refractivity contribution in [2.45, 2.75) is 12.1 Å². The van der Waals surface area contributed by atoms with E-state index >= 15 is 0 Å². The minimum absolute atomic E-state index is 0.239. The Morgan fingerprint density at radius 2 is 1.62 bits per heavy atom. The molecule has 32 heavy (non-hydrogen) atoms. The first-order valence-corrected chi connectivity index (χ1v) is 10.4. The van der Waals surface area contributed by atoms with Crippen molar-refractivity contribution in [1.29, 1.82) is 0 Å². The highest BCUT2D eigenvalue weighted by Gasteiger charge is 2.30. The van der Waals surface area contributed by atoms with Crippen LogP contribution in [0.2, 0.25) is 0 Å². The smallest absolute Gasteiger partial charge is 0.350 e. The van der Waals surface area contributed by atoms with Crippen LogP contribution >= 0.6 is 0 Å².